The summed E-state index contributed by atoms with van der Waals surface area (Å²) in [6.45, 7) is 0. The van der Waals surface area contributed by atoms with Crippen molar-refractivity contribution in [1.29, 1.82) is 0 Å². The summed E-state index contributed by atoms with van der Waals surface area (Å²) in [4.78, 5) is 20.1. The van der Waals surface area contributed by atoms with Crippen LogP contribution in [0.5, 0.6) is 11.5 Å². The van der Waals surface area contributed by atoms with E-state index in [2.05, 4.69) is 10.1 Å². The third kappa shape index (κ3) is 3.71. The molecule has 1 aliphatic rings. The lowest BCUT2D eigenvalue weighted by atomic mass is 9.91. The summed E-state index contributed by atoms with van der Waals surface area (Å²) < 4.78 is 12.8. The first-order valence-electron chi connectivity index (χ1n) is 10.8. The number of anilines is 1. The Kier molecular flexibility index (Phi) is 5.52. The van der Waals surface area contributed by atoms with Gasteiger partial charge in [0.15, 0.2) is 0 Å². The fourth-order valence-electron chi connectivity index (χ4n) is 4.48. The third-order valence-corrected chi connectivity index (χ3v) is 6.04. The second-order valence-electron chi connectivity index (χ2n) is 7.83. The van der Waals surface area contributed by atoms with Gasteiger partial charge in [0.1, 0.15) is 17.8 Å². The van der Waals surface area contributed by atoms with Crippen LogP contribution < -0.4 is 14.4 Å². The molecule has 0 N–H and O–H groups in total. The van der Waals surface area contributed by atoms with E-state index in [0.717, 1.165) is 16.9 Å². The van der Waals surface area contributed by atoms with Gasteiger partial charge < -0.3 is 9.47 Å². The molecule has 4 aromatic rings. The van der Waals surface area contributed by atoms with E-state index in [9.17, 15) is 4.79 Å². The van der Waals surface area contributed by atoms with Crippen LogP contribution in [0.4, 0.5) is 5.95 Å². The number of hydrogen-bond acceptors (Lipinski definition) is 5. The molecule has 0 fully saturated rings. The second kappa shape index (κ2) is 8.78. The molecule has 7 heteroatoms. The molecule has 0 bridgehead atoms. The number of amides is 1. The summed E-state index contributed by atoms with van der Waals surface area (Å²) in [5.74, 6) is 1.75. The Balaban J connectivity index is 1.66. The average molecular weight is 441 g/mol. The minimum atomic E-state index is -0.239. The van der Waals surface area contributed by atoms with Gasteiger partial charge in [-0.1, -0.05) is 54.6 Å². The van der Waals surface area contributed by atoms with Gasteiger partial charge in [0.2, 0.25) is 5.95 Å². The summed E-state index contributed by atoms with van der Waals surface area (Å²) in [5, 5.41) is 4.51. The predicted molar refractivity (Wildman–Crippen MR) is 125 cm³/mol. The van der Waals surface area contributed by atoms with Gasteiger partial charge >= 0.3 is 0 Å². The zero-order valence-electron chi connectivity index (χ0n) is 18.5. The van der Waals surface area contributed by atoms with E-state index in [1.165, 1.54) is 6.33 Å². The van der Waals surface area contributed by atoms with Crippen LogP contribution in [0.2, 0.25) is 0 Å². The molecule has 0 spiro atoms. The Labute approximate surface area is 192 Å². The number of nitrogens with zero attached hydrogens (tertiary/aromatic N) is 4. The van der Waals surface area contributed by atoms with Crippen molar-refractivity contribution in [3.63, 3.8) is 0 Å². The van der Waals surface area contributed by atoms with E-state index in [0.29, 0.717) is 23.7 Å². The minimum absolute atomic E-state index is 0.141. The Morgan fingerprint density at radius 2 is 1.70 bits per heavy atom. The largest absolute Gasteiger partial charge is 0.497 e. The maximum Gasteiger partial charge on any atom is 0.261 e. The van der Waals surface area contributed by atoms with Crippen molar-refractivity contribution in [2.75, 3.05) is 19.1 Å². The SMILES string of the molecule is COc1cccc(C(=O)N2c3ncnn3[C@H](c3ccccc3OC)C[C@@H]2c2ccccc2)c1. The first-order valence-corrected chi connectivity index (χ1v) is 10.8. The Bertz CT molecular complexity index is 1270. The van der Waals surface area contributed by atoms with Crippen LogP contribution in [-0.4, -0.2) is 34.9 Å². The summed E-state index contributed by atoms with van der Waals surface area (Å²) in [5.41, 5.74) is 2.56. The third-order valence-electron chi connectivity index (χ3n) is 6.04. The van der Waals surface area contributed by atoms with Crippen LogP contribution in [0.15, 0.2) is 85.2 Å². The summed E-state index contributed by atoms with van der Waals surface area (Å²) in [7, 11) is 3.25. The van der Waals surface area contributed by atoms with Gasteiger partial charge in [-0.25, -0.2) is 4.68 Å². The number of carbonyl (C=O) groups is 1. The van der Waals surface area contributed by atoms with E-state index in [-0.39, 0.29) is 18.0 Å². The van der Waals surface area contributed by atoms with Crippen LogP contribution in [-0.2, 0) is 0 Å². The van der Waals surface area contributed by atoms with Crippen molar-refractivity contribution >= 4 is 11.9 Å². The van der Waals surface area contributed by atoms with Crippen molar-refractivity contribution in [2.45, 2.75) is 18.5 Å². The van der Waals surface area contributed by atoms with Crippen molar-refractivity contribution < 1.29 is 14.3 Å². The Morgan fingerprint density at radius 1 is 0.909 bits per heavy atom. The van der Waals surface area contributed by atoms with Gasteiger partial charge in [0.05, 0.1) is 26.3 Å². The fourth-order valence-corrected chi connectivity index (χ4v) is 4.48. The molecule has 0 saturated heterocycles. The van der Waals surface area contributed by atoms with Gasteiger partial charge in [-0.2, -0.15) is 10.1 Å². The molecule has 0 unspecified atom stereocenters. The lowest BCUT2D eigenvalue weighted by molar-refractivity contribution is 0.0962. The number of carbonyl (C=O) groups excluding carboxylic acids is 1. The zero-order chi connectivity index (χ0) is 22.8. The smallest absolute Gasteiger partial charge is 0.261 e. The predicted octanol–water partition coefficient (Wildman–Crippen LogP) is 4.68. The van der Waals surface area contributed by atoms with E-state index in [4.69, 9.17) is 9.47 Å². The highest BCUT2D eigenvalue weighted by atomic mass is 16.5. The minimum Gasteiger partial charge on any atom is -0.497 e. The number of benzene rings is 3. The molecule has 1 aromatic heterocycles. The number of fused-ring (bicyclic) bond motifs is 1. The lowest BCUT2D eigenvalue weighted by Crippen LogP contribution is -2.42. The van der Waals surface area contributed by atoms with Crippen LogP contribution in [0.3, 0.4) is 0 Å². The van der Waals surface area contributed by atoms with Gasteiger partial charge in [-0.05, 0) is 36.2 Å². The van der Waals surface area contributed by atoms with Gasteiger partial charge in [0.25, 0.3) is 5.91 Å². The topological polar surface area (TPSA) is 69.5 Å². The molecular formula is C26H24N4O3. The highest BCUT2D eigenvalue weighted by Gasteiger charge is 2.40. The number of hydrogen-bond donors (Lipinski definition) is 0. The molecule has 1 aliphatic heterocycles. The normalized spacial score (nSPS) is 17.3. The maximum absolute atomic E-state index is 13.8. The standard InChI is InChI=1S/C26H24N4O3/c1-32-20-12-8-11-19(15-20)25(31)29-22(18-9-4-3-5-10-18)16-23(30-26(29)27-17-28-30)21-13-6-7-14-24(21)33-2/h3-15,17,22-23H,16H2,1-2H3/t22-,23+/m1/s1. The fraction of sp³-hybridized carbons (Fsp3) is 0.192. The van der Waals surface area contributed by atoms with Crippen LogP contribution in [0.25, 0.3) is 0 Å². The van der Waals surface area contributed by atoms with Crippen molar-refractivity contribution in [3.05, 3.63) is 102 Å². The van der Waals surface area contributed by atoms with Gasteiger partial charge in [-0.15, -0.1) is 0 Å². The van der Waals surface area contributed by atoms with E-state index in [1.54, 1.807) is 31.3 Å². The van der Waals surface area contributed by atoms with Crippen molar-refractivity contribution in [2.24, 2.45) is 0 Å². The molecule has 0 radical (unpaired) electrons. The quantitative estimate of drug-likeness (QED) is 0.451. The number of rotatable bonds is 5. The molecule has 7 nitrogen and oxygen atoms in total. The molecule has 1 amide bonds. The number of para-hydroxylation sites is 1. The first kappa shape index (κ1) is 20.8. The molecule has 0 saturated carbocycles. The van der Waals surface area contributed by atoms with Crippen LogP contribution in [0, 0.1) is 0 Å². The lowest BCUT2D eigenvalue weighted by Gasteiger charge is -2.39. The highest BCUT2D eigenvalue weighted by Crippen LogP contribution is 2.44. The Morgan fingerprint density at radius 3 is 2.48 bits per heavy atom. The first-order chi connectivity index (χ1) is 16.2. The van der Waals surface area contributed by atoms with Gasteiger partial charge in [-0.3, -0.25) is 9.69 Å². The van der Waals surface area contributed by atoms with E-state index < -0.39 is 0 Å². The van der Waals surface area contributed by atoms with E-state index in [1.807, 2.05) is 71.4 Å². The molecular weight excluding hydrogens is 416 g/mol. The molecule has 5 rings (SSSR count). The van der Waals surface area contributed by atoms with Gasteiger partial charge in [0, 0.05) is 11.1 Å². The molecule has 3 aromatic carbocycles. The molecule has 2 atom stereocenters. The van der Waals surface area contributed by atoms with E-state index >= 15 is 0 Å². The van der Waals surface area contributed by atoms with Crippen molar-refractivity contribution in [3.8, 4) is 11.5 Å². The highest BCUT2D eigenvalue weighted by molar-refractivity contribution is 6.06. The number of ether oxygens (including phenoxy) is 2. The average Bonchev–Trinajstić information content (AvgIpc) is 3.38. The number of aromatic nitrogens is 3. The number of methoxy groups -OCH3 is 2. The summed E-state index contributed by atoms with van der Waals surface area (Å²) in [6, 6.07) is 24.7. The van der Waals surface area contributed by atoms with Crippen molar-refractivity contribution in [1.82, 2.24) is 14.8 Å². The maximum atomic E-state index is 13.8. The monoisotopic (exact) mass is 440 g/mol. The van der Waals surface area contributed by atoms with Crippen LogP contribution in [0.1, 0.15) is 40.0 Å². The molecule has 166 valence electrons. The summed E-state index contributed by atoms with van der Waals surface area (Å²) >= 11 is 0. The zero-order valence-corrected chi connectivity index (χ0v) is 18.5. The molecule has 2 heterocycles. The molecule has 33 heavy (non-hydrogen) atoms. The summed E-state index contributed by atoms with van der Waals surface area (Å²) in [6.07, 6.45) is 2.12. The molecule has 0 aliphatic carbocycles. The second-order valence-corrected chi connectivity index (χ2v) is 7.83. The van der Waals surface area contributed by atoms with Crippen LogP contribution >= 0.6 is 0 Å². The Hall–Kier alpha value is -4.13.